The molecule has 8 heteroatoms. The van der Waals surface area contributed by atoms with Crippen LogP contribution in [0.15, 0.2) is 18.5 Å². The number of nitrogens with one attached hydrogen (secondary N) is 1. The largest absolute Gasteiger partial charge is 0.381 e. The number of halogens is 1. The monoisotopic (exact) mass is 306 g/mol. The molecule has 1 fully saturated rings. The van der Waals surface area contributed by atoms with Crippen LogP contribution in [0.2, 0.25) is 5.02 Å². The average molecular weight is 307 g/mol. The number of nitrogens with zero attached hydrogens (tertiary/aromatic N) is 4. The molecule has 110 valence electrons. The van der Waals surface area contributed by atoms with Crippen molar-refractivity contribution in [1.82, 2.24) is 19.9 Å². The van der Waals surface area contributed by atoms with Crippen LogP contribution in [0.3, 0.4) is 0 Å². The highest BCUT2D eigenvalue weighted by atomic mass is 35.5. The molecule has 0 spiro atoms. The van der Waals surface area contributed by atoms with Gasteiger partial charge < -0.3 is 15.8 Å². The Balaban J connectivity index is 1.71. The number of ether oxygens (including phenoxy) is 1. The number of aromatic nitrogens is 4. The third kappa shape index (κ3) is 3.56. The van der Waals surface area contributed by atoms with Crippen LogP contribution in [0.5, 0.6) is 0 Å². The molecule has 0 aliphatic carbocycles. The highest BCUT2D eigenvalue weighted by Gasteiger charge is 2.20. The minimum absolute atomic E-state index is 0.249. The Morgan fingerprint density at radius 1 is 1.33 bits per heavy atom. The summed E-state index contributed by atoms with van der Waals surface area (Å²) in [5.74, 6) is 1.81. The second kappa shape index (κ2) is 6.19. The van der Waals surface area contributed by atoms with Crippen molar-refractivity contribution in [2.24, 2.45) is 0 Å². The minimum Gasteiger partial charge on any atom is -0.381 e. The Morgan fingerprint density at radius 2 is 2.14 bits per heavy atom. The van der Waals surface area contributed by atoms with Crippen LogP contribution in [-0.4, -0.2) is 33.1 Å². The van der Waals surface area contributed by atoms with Crippen LogP contribution in [-0.2, 0) is 11.3 Å². The van der Waals surface area contributed by atoms with Gasteiger partial charge in [-0.05, 0) is 6.42 Å². The van der Waals surface area contributed by atoms with Crippen molar-refractivity contribution < 1.29 is 4.74 Å². The van der Waals surface area contributed by atoms with Gasteiger partial charge in [0.2, 0.25) is 5.95 Å². The number of rotatable bonds is 4. The SMILES string of the molecule is Nc1nc(NCc2ncc(Cl)cn2)cc([C@H]2CCOC2)n1. The number of anilines is 2. The molecule has 0 unspecified atom stereocenters. The van der Waals surface area contributed by atoms with Gasteiger partial charge in [0.25, 0.3) is 0 Å². The molecule has 1 atom stereocenters. The van der Waals surface area contributed by atoms with Crippen LogP contribution in [0.4, 0.5) is 11.8 Å². The number of hydrogen-bond donors (Lipinski definition) is 2. The maximum atomic E-state index is 5.76. The molecule has 2 aromatic heterocycles. The maximum absolute atomic E-state index is 5.76. The molecule has 0 radical (unpaired) electrons. The second-order valence-corrected chi connectivity index (χ2v) is 5.20. The molecule has 0 saturated carbocycles. The summed E-state index contributed by atoms with van der Waals surface area (Å²) in [4.78, 5) is 16.7. The van der Waals surface area contributed by atoms with Gasteiger partial charge in [0.05, 0.1) is 23.9 Å². The fraction of sp³-hybridized carbons (Fsp3) is 0.385. The smallest absolute Gasteiger partial charge is 0.222 e. The molecule has 0 aromatic carbocycles. The van der Waals surface area contributed by atoms with E-state index in [4.69, 9.17) is 22.1 Å². The first kappa shape index (κ1) is 14.0. The van der Waals surface area contributed by atoms with Crippen molar-refractivity contribution in [2.75, 3.05) is 24.3 Å². The van der Waals surface area contributed by atoms with Crippen molar-refractivity contribution in [3.63, 3.8) is 0 Å². The van der Waals surface area contributed by atoms with Gasteiger partial charge in [0.15, 0.2) is 0 Å². The minimum atomic E-state index is 0.249. The van der Waals surface area contributed by atoms with Gasteiger partial charge in [-0.1, -0.05) is 11.6 Å². The molecule has 0 bridgehead atoms. The normalized spacial score (nSPS) is 17.9. The molecule has 3 N–H and O–H groups in total. The first-order valence-corrected chi connectivity index (χ1v) is 7.01. The summed E-state index contributed by atoms with van der Waals surface area (Å²) < 4.78 is 5.38. The van der Waals surface area contributed by atoms with Crippen LogP contribution >= 0.6 is 11.6 Å². The first-order valence-electron chi connectivity index (χ1n) is 6.63. The molecule has 3 heterocycles. The van der Waals surface area contributed by atoms with Crippen LogP contribution in [0, 0.1) is 0 Å². The standard InChI is InChI=1S/C13H15ClN6O/c14-9-4-16-12(17-5-9)6-18-11-3-10(19-13(15)20-11)8-1-2-21-7-8/h3-5,8H,1-2,6-7H2,(H3,15,18,19,20)/t8-/m0/s1. The quantitative estimate of drug-likeness (QED) is 0.885. The molecule has 1 aliphatic rings. The zero-order valence-electron chi connectivity index (χ0n) is 11.3. The summed E-state index contributed by atoms with van der Waals surface area (Å²) >= 11 is 5.75. The van der Waals surface area contributed by atoms with Crippen molar-refractivity contribution in [1.29, 1.82) is 0 Å². The summed E-state index contributed by atoms with van der Waals surface area (Å²) in [7, 11) is 0. The van der Waals surface area contributed by atoms with Crippen LogP contribution in [0.1, 0.15) is 23.9 Å². The molecule has 1 aliphatic heterocycles. The summed E-state index contributed by atoms with van der Waals surface area (Å²) in [5, 5.41) is 3.65. The van der Waals surface area contributed by atoms with E-state index in [1.54, 1.807) is 12.4 Å². The predicted octanol–water partition coefficient (Wildman–Crippen LogP) is 1.62. The Bertz CT molecular complexity index is 615. The van der Waals surface area contributed by atoms with Gasteiger partial charge in [-0.2, -0.15) is 4.98 Å². The lowest BCUT2D eigenvalue weighted by Gasteiger charge is -2.11. The highest BCUT2D eigenvalue weighted by Crippen LogP contribution is 2.25. The van der Waals surface area contributed by atoms with E-state index in [0.717, 1.165) is 18.7 Å². The molecule has 7 nitrogen and oxygen atoms in total. The predicted molar refractivity (Wildman–Crippen MR) is 79.0 cm³/mol. The van der Waals surface area contributed by atoms with E-state index in [1.165, 1.54) is 0 Å². The number of hydrogen-bond acceptors (Lipinski definition) is 7. The number of nitrogens with two attached hydrogens (primary N) is 1. The average Bonchev–Trinajstić information content (AvgIpc) is 3.00. The van der Waals surface area contributed by atoms with Gasteiger partial charge in [0.1, 0.15) is 11.6 Å². The Hall–Kier alpha value is -1.99. The Labute approximate surface area is 126 Å². The fourth-order valence-electron chi connectivity index (χ4n) is 2.15. The molecule has 3 rings (SSSR count). The maximum Gasteiger partial charge on any atom is 0.222 e. The molecule has 1 saturated heterocycles. The van der Waals surface area contributed by atoms with E-state index in [0.29, 0.717) is 29.8 Å². The topological polar surface area (TPSA) is 98.8 Å². The van der Waals surface area contributed by atoms with Gasteiger partial charge in [-0.15, -0.1) is 0 Å². The van der Waals surface area contributed by atoms with E-state index >= 15 is 0 Å². The molecule has 0 amide bonds. The van der Waals surface area contributed by atoms with E-state index in [1.807, 2.05) is 6.07 Å². The van der Waals surface area contributed by atoms with Crippen LogP contribution in [0.25, 0.3) is 0 Å². The van der Waals surface area contributed by atoms with E-state index < -0.39 is 0 Å². The zero-order chi connectivity index (χ0) is 14.7. The van der Waals surface area contributed by atoms with E-state index in [9.17, 15) is 0 Å². The van der Waals surface area contributed by atoms with Gasteiger partial charge in [-0.25, -0.2) is 15.0 Å². The van der Waals surface area contributed by atoms with Crippen LogP contribution < -0.4 is 11.1 Å². The Morgan fingerprint density at radius 3 is 2.86 bits per heavy atom. The molecular formula is C13H15ClN6O. The summed E-state index contributed by atoms with van der Waals surface area (Å²) in [6.45, 7) is 1.88. The van der Waals surface area contributed by atoms with E-state index in [2.05, 4.69) is 25.3 Å². The van der Waals surface area contributed by atoms with Crippen molar-refractivity contribution >= 4 is 23.4 Å². The van der Waals surface area contributed by atoms with E-state index in [-0.39, 0.29) is 11.9 Å². The third-order valence-corrected chi connectivity index (χ3v) is 3.41. The lowest BCUT2D eigenvalue weighted by Crippen LogP contribution is -2.10. The summed E-state index contributed by atoms with van der Waals surface area (Å²) in [6, 6.07) is 1.89. The van der Waals surface area contributed by atoms with Gasteiger partial charge in [0, 0.05) is 31.0 Å². The van der Waals surface area contributed by atoms with Crippen molar-refractivity contribution in [3.8, 4) is 0 Å². The van der Waals surface area contributed by atoms with Crippen molar-refractivity contribution in [2.45, 2.75) is 18.9 Å². The highest BCUT2D eigenvalue weighted by molar-refractivity contribution is 6.30. The second-order valence-electron chi connectivity index (χ2n) is 4.77. The summed E-state index contributed by atoms with van der Waals surface area (Å²) in [6.07, 6.45) is 4.07. The van der Waals surface area contributed by atoms with Crippen molar-refractivity contribution in [3.05, 3.63) is 35.0 Å². The third-order valence-electron chi connectivity index (χ3n) is 3.21. The molecule has 21 heavy (non-hydrogen) atoms. The summed E-state index contributed by atoms with van der Waals surface area (Å²) in [5.41, 5.74) is 6.67. The fourth-order valence-corrected chi connectivity index (χ4v) is 2.25. The molecular weight excluding hydrogens is 292 g/mol. The van der Waals surface area contributed by atoms with Gasteiger partial charge >= 0.3 is 0 Å². The zero-order valence-corrected chi connectivity index (χ0v) is 12.0. The first-order chi connectivity index (χ1) is 10.2. The number of nitrogen functional groups attached to an aromatic ring is 1. The lowest BCUT2D eigenvalue weighted by molar-refractivity contribution is 0.193. The van der Waals surface area contributed by atoms with Gasteiger partial charge in [-0.3, -0.25) is 0 Å². The lowest BCUT2D eigenvalue weighted by atomic mass is 10.0. The molecule has 2 aromatic rings. The Kier molecular flexibility index (Phi) is 4.12.